The number of benzene rings is 3. The molecular weight excluding hydrogens is 420 g/mol. The number of carbonyl (C=O) groups is 4. The molecule has 0 saturated carbocycles. The predicted molar refractivity (Wildman–Crippen MR) is 125 cm³/mol. The predicted octanol–water partition coefficient (Wildman–Crippen LogP) is 3.17. The summed E-state index contributed by atoms with van der Waals surface area (Å²) in [5.74, 6) is -0.966. The zero-order chi connectivity index (χ0) is 23.4. The van der Waals surface area contributed by atoms with E-state index in [9.17, 15) is 19.2 Å². The summed E-state index contributed by atoms with van der Waals surface area (Å²) in [5, 5.41) is 8.26. The molecule has 0 unspecified atom stereocenters. The first-order valence-corrected chi connectivity index (χ1v) is 10.4. The molecule has 1 heterocycles. The number of nitrogens with zero attached hydrogens (tertiary/aromatic N) is 1. The first-order valence-electron chi connectivity index (χ1n) is 10.4. The molecule has 0 bridgehead atoms. The molecule has 3 aromatic rings. The van der Waals surface area contributed by atoms with Gasteiger partial charge in [0.2, 0.25) is 11.8 Å². The number of rotatable bonds is 5. The van der Waals surface area contributed by atoms with Gasteiger partial charge in [-0.2, -0.15) is 0 Å². The van der Waals surface area contributed by atoms with Gasteiger partial charge in [-0.25, -0.2) is 0 Å². The smallest absolute Gasteiger partial charge is 0.258 e. The molecule has 3 N–H and O–H groups in total. The van der Waals surface area contributed by atoms with Gasteiger partial charge >= 0.3 is 0 Å². The van der Waals surface area contributed by atoms with Gasteiger partial charge in [-0.05, 0) is 54.1 Å². The molecule has 8 heteroatoms. The van der Waals surface area contributed by atoms with Gasteiger partial charge in [0.1, 0.15) is 6.54 Å². The summed E-state index contributed by atoms with van der Waals surface area (Å²) in [7, 11) is 0. The van der Waals surface area contributed by atoms with E-state index in [1.807, 2.05) is 6.07 Å². The summed E-state index contributed by atoms with van der Waals surface area (Å²) < 4.78 is 0. The summed E-state index contributed by atoms with van der Waals surface area (Å²) in [6.07, 6.45) is 0. The molecule has 0 atom stereocenters. The maximum atomic E-state index is 13.0. The van der Waals surface area contributed by atoms with Gasteiger partial charge < -0.3 is 16.0 Å². The Morgan fingerprint density at radius 3 is 2.27 bits per heavy atom. The van der Waals surface area contributed by atoms with Gasteiger partial charge in [0, 0.05) is 30.3 Å². The fourth-order valence-corrected chi connectivity index (χ4v) is 3.47. The highest BCUT2D eigenvalue weighted by Crippen LogP contribution is 2.30. The minimum Gasteiger partial charge on any atom is -0.352 e. The number of amides is 4. The van der Waals surface area contributed by atoms with Crippen LogP contribution in [0.4, 0.5) is 17.1 Å². The second-order valence-corrected chi connectivity index (χ2v) is 7.59. The van der Waals surface area contributed by atoms with E-state index in [2.05, 4.69) is 16.0 Å². The van der Waals surface area contributed by atoms with Crippen molar-refractivity contribution in [2.45, 2.75) is 13.5 Å². The zero-order valence-electron chi connectivity index (χ0n) is 17.9. The molecule has 1 aliphatic rings. The maximum absolute atomic E-state index is 13.0. The first kappa shape index (κ1) is 21.8. The molecular formula is C25H22N4O4. The fraction of sp³-hybridized carbons (Fsp3) is 0.120. The second kappa shape index (κ2) is 9.35. The third kappa shape index (κ3) is 5.07. The highest BCUT2D eigenvalue weighted by Gasteiger charge is 2.27. The van der Waals surface area contributed by atoms with Crippen molar-refractivity contribution in [2.24, 2.45) is 0 Å². The third-order valence-electron chi connectivity index (χ3n) is 5.16. The van der Waals surface area contributed by atoms with Gasteiger partial charge in [0.05, 0.1) is 11.4 Å². The van der Waals surface area contributed by atoms with Crippen molar-refractivity contribution < 1.29 is 19.2 Å². The first-order chi connectivity index (χ1) is 15.9. The van der Waals surface area contributed by atoms with Crippen molar-refractivity contribution in [2.75, 3.05) is 22.1 Å². The standard InChI is InChI=1S/C25H22N4O4/c1-16(30)26-14-17-6-8-18(9-7-17)24(32)27-20-12-10-19(11-13-20)25(33)29-15-23(31)28-21-4-2-3-5-22(21)29/h2-13H,14-15H2,1H3,(H,26,30)(H,27,32)(H,28,31). The van der Waals surface area contributed by atoms with Crippen molar-refractivity contribution in [1.82, 2.24) is 5.32 Å². The van der Waals surface area contributed by atoms with Crippen LogP contribution in [-0.4, -0.2) is 30.2 Å². The molecule has 1 aliphatic heterocycles. The van der Waals surface area contributed by atoms with Gasteiger partial charge in [-0.3, -0.25) is 24.1 Å². The van der Waals surface area contributed by atoms with E-state index >= 15 is 0 Å². The number of anilines is 3. The van der Waals surface area contributed by atoms with Crippen LogP contribution in [0.25, 0.3) is 0 Å². The maximum Gasteiger partial charge on any atom is 0.258 e. The van der Waals surface area contributed by atoms with Crippen LogP contribution in [0.15, 0.2) is 72.8 Å². The molecule has 0 spiro atoms. The second-order valence-electron chi connectivity index (χ2n) is 7.59. The molecule has 4 amide bonds. The van der Waals surface area contributed by atoms with Crippen LogP contribution in [0.1, 0.15) is 33.2 Å². The Hall–Kier alpha value is -4.46. The van der Waals surface area contributed by atoms with E-state index in [0.29, 0.717) is 34.7 Å². The topological polar surface area (TPSA) is 108 Å². The van der Waals surface area contributed by atoms with Crippen molar-refractivity contribution in [3.05, 3.63) is 89.5 Å². The van der Waals surface area contributed by atoms with E-state index in [1.54, 1.807) is 66.7 Å². The Morgan fingerprint density at radius 2 is 1.58 bits per heavy atom. The Morgan fingerprint density at radius 1 is 0.909 bits per heavy atom. The largest absolute Gasteiger partial charge is 0.352 e. The summed E-state index contributed by atoms with van der Waals surface area (Å²) >= 11 is 0. The van der Waals surface area contributed by atoms with Gasteiger partial charge in [0.15, 0.2) is 0 Å². The molecule has 0 saturated heterocycles. The number of hydrogen-bond acceptors (Lipinski definition) is 4. The fourth-order valence-electron chi connectivity index (χ4n) is 3.47. The lowest BCUT2D eigenvalue weighted by Gasteiger charge is -2.29. The van der Waals surface area contributed by atoms with Gasteiger partial charge in [-0.15, -0.1) is 0 Å². The normalized spacial score (nSPS) is 12.4. The summed E-state index contributed by atoms with van der Waals surface area (Å²) in [5.41, 5.74) is 3.53. The molecule has 0 fully saturated rings. The number of fused-ring (bicyclic) bond motifs is 1. The summed E-state index contributed by atoms with van der Waals surface area (Å²) in [6.45, 7) is 1.78. The van der Waals surface area contributed by atoms with Crippen LogP contribution in [0.5, 0.6) is 0 Å². The quantitative estimate of drug-likeness (QED) is 0.564. The van der Waals surface area contributed by atoms with E-state index in [1.165, 1.54) is 11.8 Å². The Kier molecular flexibility index (Phi) is 6.17. The molecule has 166 valence electrons. The Bertz CT molecular complexity index is 1220. The molecule has 3 aromatic carbocycles. The van der Waals surface area contributed by atoms with Crippen LogP contribution >= 0.6 is 0 Å². The molecule has 0 aliphatic carbocycles. The lowest BCUT2D eigenvalue weighted by Crippen LogP contribution is -2.42. The number of carbonyl (C=O) groups excluding carboxylic acids is 4. The minimum atomic E-state index is -0.301. The summed E-state index contributed by atoms with van der Waals surface area (Å²) in [4.78, 5) is 50.0. The number of hydrogen-bond donors (Lipinski definition) is 3. The highest BCUT2D eigenvalue weighted by atomic mass is 16.2. The lowest BCUT2D eigenvalue weighted by atomic mass is 10.1. The van der Waals surface area contributed by atoms with Crippen LogP contribution < -0.4 is 20.9 Å². The van der Waals surface area contributed by atoms with E-state index < -0.39 is 0 Å². The zero-order valence-corrected chi connectivity index (χ0v) is 17.9. The average Bonchev–Trinajstić information content (AvgIpc) is 2.82. The molecule has 8 nitrogen and oxygen atoms in total. The van der Waals surface area contributed by atoms with Crippen LogP contribution in [0.3, 0.4) is 0 Å². The summed E-state index contributed by atoms with van der Waals surface area (Å²) in [6, 6.07) is 20.6. The highest BCUT2D eigenvalue weighted by molar-refractivity contribution is 6.15. The SMILES string of the molecule is CC(=O)NCc1ccc(C(=O)Nc2ccc(C(=O)N3CC(=O)Nc4ccccc43)cc2)cc1. The number of nitrogens with one attached hydrogen (secondary N) is 3. The van der Waals surface area contributed by atoms with Crippen LogP contribution in [-0.2, 0) is 16.1 Å². The van der Waals surface area contributed by atoms with Gasteiger partial charge in [-0.1, -0.05) is 24.3 Å². The van der Waals surface area contributed by atoms with Crippen molar-refractivity contribution >= 4 is 40.7 Å². The molecule has 33 heavy (non-hydrogen) atoms. The Labute approximate surface area is 190 Å². The molecule has 4 rings (SSSR count). The van der Waals surface area contributed by atoms with Crippen LogP contribution in [0, 0.1) is 0 Å². The van der Waals surface area contributed by atoms with Gasteiger partial charge in [0.25, 0.3) is 11.8 Å². The van der Waals surface area contributed by atoms with E-state index in [4.69, 9.17) is 0 Å². The van der Waals surface area contributed by atoms with E-state index in [0.717, 1.165) is 5.56 Å². The monoisotopic (exact) mass is 442 g/mol. The molecule has 0 radical (unpaired) electrons. The van der Waals surface area contributed by atoms with E-state index in [-0.39, 0.29) is 30.2 Å². The van der Waals surface area contributed by atoms with Crippen LogP contribution in [0.2, 0.25) is 0 Å². The minimum absolute atomic E-state index is 0.0632. The molecule has 0 aromatic heterocycles. The average molecular weight is 442 g/mol. The van der Waals surface area contributed by atoms with Crippen molar-refractivity contribution in [1.29, 1.82) is 0 Å². The van der Waals surface area contributed by atoms with Crippen molar-refractivity contribution in [3.63, 3.8) is 0 Å². The van der Waals surface area contributed by atoms with Crippen molar-refractivity contribution in [3.8, 4) is 0 Å². The number of para-hydroxylation sites is 2. The lowest BCUT2D eigenvalue weighted by molar-refractivity contribution is -0.119. The Balaban J connectivity index is 1.42. The third-order valence-corrected chi connectivity index (χ3v) is 5.16.